The summed E-state index contributed by atoms with van der Waals surface area (Å²) >= 11 is 0. The van der Waals surface area contributed by atoms with Crippen molar-refractivity contribution in [2.45, 2.75) is 6.92 Å². The molecule has 0 atom stereocenters. The highest BCUT2D eigenvalue weighted by atomic mass is 19.2. The quantitative estimate of drug-likeness (QED) is 0.789. The first kappa shape index (κ1) is 12.2. The van der Waals surface area contributed by atoms with Gasteiger partial charge in [0.15, 0.2) is 23.1 Å². The monoisotopic (exact) mass is 253 g/mol. The molecule has 1 aromatic heterocycles. The van der Waals surface area contributed by atoms with Crippen LogP contribution in [0, 0.1) is 11.6 Å². The normalized spacial score (nSPS) is 10.4. The van der Waals surface area contributed by atoms with Gasteiger partial charge in [-0.15, -0.1) is 0 Å². The summed E-state index contributed by atoms with van der Waals surface area (Å²) in [5, 5.41) is 3.50. The largest absolute Gasteiger partial charge is 0.461 e. The van der Waals surface area contributed by atoms with Crippen LogP contribution < -0.4 is 0 Å². The van der Waals surface area contributed by atoms with E-state index in [9.17, 15) is 13.6 Å². The van der Waals surface area contributed by atoms with E-state index in [4.69, 9.17) is 9.26 Å². The Morgan fingerprint density at radius 3 is 2.78 bits per heavy atom. The van der Waals surface area contributed by atoms with E-state index in [1.165, 1.54) is 12.1 Å². The predicted octanol–water partition coefficient (Wildman–Crippen LogP) is 2.80. The minimum absolute atomic E-state index is 0.0171. The molecular weight excluding hydrogens is 244 g/mol. The topological polar surface area (TPSA) is 52.3 Å². The van der Waals surface area contributed by atoms with Crippen molar-refractivity contribution in [2.24, 2.45) is 0 Å². The predicted molar refractivity (Wildman–Crippen MR) is 57.8 cm³/mol. The third-order valence-electron chi connectivity index (χ3n) is 2.20. The zero-order chi connectivity index (χ0) is 13.1. The van der Waals surface area contributed by atoms with Crippen molar-refractivity contribution in [1.82, 2.24) is 5.16 Å². The molecule has 0 radical (unpaired) electrons. The third-order valence-corrected chi connectivity index (χ3v) is 2.20. The van der Waals surface area contributed by atoms with Crippen molar-refractivity contribution in [3.63, 3.8) is 0 Å². The van der Waals surface area contributed by atoms with Crippen LogP contribution in [-0.2, 0) is 4.74 Å². The molecule has 0 unspecified atom stereocenters. The third kappa shape index (κ3) is 2.37. The van der Waals surface area contributed by atoms with Gasteiger partial charge in [-0.25, -0.2) is 13.6 Å². The zero-order valence-corrected chi connectivity index (χ0v) is 9.44. The van der Waals surface area contributed by atoms with E-state index in [1.807, 2.05) is 0 Å². The maximum atomic E-state index is 13.0. The van der Waals surface area contributed by atoms with Gasteiger partial charge >= 0.3 is 5.97 Å². The summed E-state index contributed by atoms with van der Waals surface area (Å²) in [5.74, 6) is -2.42. The summed E-state index contributed by atoms with van der Waals surface area (Å²) in [4.78, 5) is 11.3. The molecule has 0 spiro atoms. The molecule has 0 fully saturated rings. The molecule has 0 saturated carbocycles. The summed E-state index contributed by atoms with van der Waals surface area (Å²) in [7, 11) is 0. The Bertz CT molecular complexity index is 580. The standard InChI is InChI=1S/C12H9F2NO3/c1-2-17-12(16)10-6-11(18-15-10)7-3-4-8(13)9(14)5-7/h3-6H,2H2,1H3. The molecule has 0 amide bonds. The molecule has 0 saturated heterocycles. The lowest BCUT2D eigenvalue weighted by atomic mass is 10.1. The highest BCUT2D eigenvalue weighted by Gasteiger charge is 2.15. The molecule has 0 aliphatic rings. The van der Waals surface area contributed by atoms with Gasteiger partial charge in [-0.3, -0.25) is 0 Å². The maximum absolute atomic E-state index is 13.0. The number of hydrogen-bond donors (Lipinski definition) is 0. The molecule has 0 aliphatic heterocycles. The smallest absolute Gasteiger partial charge is 0.360 e. The van der Waals surface area contributed by atoms with Crippen molar-refractivity contribution in [3.05, 3.63) is 41.6 Å². The Labute approximate surface area is 101 Å². The second kappa shape index (κ2) is 4.95. The number of halogens is 2. The molecule has 0 N–H and O–H groups in total. The number of aromatic nitrogens is 1. The minimum atomic E-state index is -0.999. The number of ether oxygens (including phenoxy) is 1. The molecule has 4 nitrogen and oxygen atoms in total. The lowest BCUT2D eigenvalue weighted by Crippen LogP contribution is -2.04. The molecule has 18 heavy (non-hydrogen) atoms. The van der Waals surface area contributed by atoms with Crippen molar-refractivity contribution < 1.29 is 22.8 Å². The molecule has 2 aromatic rings. The van der Waals surface area contributed by atoms with Crippen LogP contribution in [0.5, 0.6) is 0 Å². The number of carbonyl (C=O) groups excluding carboxylic acids is 1. The lowest BCUT2D eigenvalue weighted by molar-refractivity contribution is 0.0514. The van der Waals surface area contributed by atoms with Gasteiger partial charge in [-0.2, -0.15) is 0 Å². The first-order chi connectivity index (χ1) is 8.61. The fraction of sp³-hybridized carbons (Fsp3) is 0.167. The maximum Gasteiger partial charge on any atom is 0.360 e. The average Bonchev–Trinajstić information content (AvgIpc) is 2.82. The van der Waals surface area contributed by atoms with E-state index in [0.29, 0.717) is 0 Å². The van der Waals surface area contributed by atoms with E-state index in [1.54, 1.807) is 6.92 Å². The number of nitrogens with zero attached hydrogens (tertiary/aromatic N) is 1. The zero-order valence-electron chi connectivity index (χ0n) is 9.44. The van der Waals surface area contributed by atoms with Crippen molar-refractivity contribution in [2.75, 3.05) is 6.61 Å². The summed E-state index contributed by atoms with van der Waals surface area (Å²) < 4.78 is 35.4. The van der Waals surface area contributed by atoms with Gasteiger partial charge < -0.3 is 9.26 Å². The fourth-order valence-electron chi connectivity index (χ4n) is 1.36. The molecule has 2 rings (SSSR count). The molecular formula is C12H9F2NO3. The van der Waals surface area contributed by atoms with Gasteiger partial charge in [-0.1, -0.05) is 5.16 Å². The van der Waals surface area contributed by atoms with Crippen LogP contribution in [0.1, 0.15) is 17.4 Å². The van der Waals surface area contributed by atoms with Gasteiger partial charge in [-0.05, 0) is 25.1 Å². The van der Waals surface area contributed by atoms with Crippen LogP contribution in [-0.4, -0.2) is 17.7 Å². The van der Waals surface area contributed by atoms with Gasteiger partial charge in [0.25, 0.3) is 0 Å². The molecule has 0 aliphatic carbocycles. The number of esters is 1. The van der Waals surface area contributed by atoms with Crippen molar-refractivity contribution >= 4 is 5.97 Å². The summed E-state index contributed by atoms with van der Waals surface area (Å²) in [6, 6.07) is 4.57. The average molecular weight is 253 g/mol. The van der Waals surface area contributed by atoms with Crippen LogP contribution in [0.15, 0.2) is 28.8 Å². The molecule has 6 heteroatoms. The van der Waals surface area contributed by atoms with Crippen LogP contribution >= 0.6 is 0 Å². The van der Waals surface area contributed by atoms with Crippen LogP contribution in [0.2, 0.25) is 0 Å². The van der Waals surface area contributed by atoms with Gasteiger partial charge in [0.1, 0.15) is 0 Å². The highest BCUT2D eigenvalue weighted by Crippen LogP contribution is 2.22. The second-order valence-electron chi connectivity index (χ2n) is 3.43. The van der Waals surface area contributed by atoms with E-state index >= 15 is 0 Å². The molecule has 94 valence electrons. The first-order valence-electron chi connectivity index (χ1n) is 5.21. The first-order valence-corrected chi connectivity index (χ1v) is 5.21. The second-order valence-corrected chi connectivity index (χ2v) is 3.43. The van der Waals surface area contributed by atoms with E-state index in [0.717, 1.165) is 12.1 Å². The van der Waals surface area contributed by atoms with Gasteiger partial charge in [0.2, 0.25) is 0 Å². The number of rotatable bonds is 3. The number of carbonyl (C=O) groups is 1. The van der Waals surface area contributed by atoms with Crippen LogP contribution in [0.25, 0.3) is 11.3 Å². The van der Waals surface area contributed by atoms with E-state index in [-0.39, 0.29) is 23.6 Å². The van der Waals surface area contributed by atoms with Gasteiger partial charge in [0.05, 0.1) is 6.61 Å². The summed E-state index contributed by atoms with van der Waals surface area (Å²) in [5.41, 5.74) is 0.272. The Hall–Kier alpha value is -2.24. The lowest BCUT2D eigenvalue weighted by Gasteiger charge is -1.96. The summed E-state index contributed by atoms with van der Waals surface area (Å²) in [6.45, 7) is 1.88. The Morgan fingerprint density at radius 1 is 1.33 bits per heavy atom. The highest BCUT2D eigenvalue weighted by molar-refractivity contribution is 5.88. The molecule has 1 heterocycles. The molecule has 0 bridgehead atoms. The number of hydrogen-bond acceptors (Lipinski definition) is 4. The SMILES string of the molecule is CCOC(=O)c1cc(-c2ccc(F)c(F)c2)on1. The van der Waals surface area contributed by atoms with Crippen LogP contribution in [0.3, 0.4) is 0 Å². The van der Waals surface area contributed by atoms with Crippen molar-refractivity contribution in [3.8, 4) is 11.3 Å². The van der Waals surface area contributed by atoms with Crippen LogP contribution in [0.4, 0.5) is 8.78 Å². The summed E-state index contributed by atoms with van der Waals surface area (Å²) in [6.07, 6.45) is 0. The minimum Gasteiger partial charge on any atom is -0.461 e. The van der Waals surface area contributed by atoms with E-state index in [2.05, 4.69) is 5.16 Å². The van der Waals surface area contributed by atoms with Gasteiger partial charge in [0, 0.05) is 11.6 Å². The Morgan fingerprint density at radius 2 is 2.11 bits per heavy atom. The number of benzene rings is 1. The fourth-order valence-corrected chi connectivity index (χ4v) is 1.36. The van der Waals surface area contributed by atoms with Crippen molar-refractivity contribution in [1.29, 1.82) is 0 Å². The molecule has 1 aromatic carbocycles. The Kier molecular flexibility index (Phi) is 3.36. The van der Waals surface area contributed by atoms with E-state index < -0.39 is 17.6 Å². The Balaban J connectivity index is 2.29.